The van der Waals surface area contributed by atoms with Gasteiger partial charge in [-0.15, -0.1) is 10.2 Å². The summed E-state index contributed by atoms with van der Waals surface area (Å²) in [6, 6.07) is 14.2. The van der Waals surface area contributed by atoms with Crippen LogP contribution in [0.4, 0.5) is 5.69 Å². The molecule has 0 fully saturated rings. The Balaban J connectivity index is 1.48. The van der Waals surface area contributed by atoms with Gasteiger partial charge in [0.1, 0.15) is 5.01 Å². The number of rotatable bonds is 7. The van der Waals surface area contributed by atoms with Crippen LogP contribution >= 0.6 is 34.5 Å². The van der Waals surface area contributed by atoms with Crippen LogP contribution in [0.5, 0.6) is 0 Å². The van der Waals surface area contributed by atoms with Crippen LogP contribution in [0.25, 0.3) is 0 Å². The number of nitrogens with zero attached hydrogens (tertiary/aromatic N) is 2. The van der Waals surface area contributed by atoms with Gasteiger partial charge in [-0.25, -0.2) is 0 Å². The predicted octanol–water partition coefficient (Wildman–Crippen LogP) is 4.35. The Kier molecular flexibility index (Phi) is 6.97. The van der Waals surface area contributed by atoms with Gasteiger partial charge in [0.2, 0.25) is 10.9 Å². The van der Waals surface area contributed by atoms with Crippen LogP contribution < -0.4 is 10.6 Å². The lowest BCUT2D eigenvalue weighted by Crippen LogP contribution is -2.23. The van der Waals surface area contributed by atoms with Crippen LogP contribution in [0.3, 0.4) is 0 Å². The Morgan fingerprint density at radius 3 is 2.64 bits per heavy atom. The predicted molar refractivity (Wildman–Crippen MR) is 111 cm³/mol. The van der Waals surface area contributed by atoms with Crippen molar-refractivity contribution in [2.24, 2.45) is 0 Å². The highest BCUT2D eigenvalue weighted by Gasteiger charge is 2.14. The topological polar surface area (TPSA) is 84.0 Å². The zero-order chi connectivity index (χ0) is 19.9. The number of aromatic nitrogens is 2. The average Bonchev–Trinajstić information content (AvgIpc) is 3.15. The monoisotopic (exact) mass is 434 g/mol. The number of aryl methyl sites for hydroxylation is 1. The molecule has 0 atom stereocenters. The standard InChI is InChI=1S/C19H16Cl2N4O2S/c20-13-5-3-6-14(10-13)23-18(27)19-25-24-17(28-19)9-8-16(26)22-11-12-4-1-2-7-15(12)21/h1-7,10H,8-9,11H2,(H,22,26)(H,23,27). The third kappa shape index (κ3) is 5.76. The maximum atomic E-state index is 12.2. The lowest BCUT2D eigenvalue weighted by Gasteiger charge is -2.06. The molecule has 3 rings (SSSR count). The van der Waals surface area contributed by atoms with E-state index >= 15 is 0 Å². The number of carbonyl (C=O) groups is 2. The summed E-state index contributed by atoms with van der Waals surface area (Å²) < 4.78 is 0. The number of anilines is 1. The molecule has 0 saturated carbocycles. The molecule has 0 aliphatic carbocycles. The Morgan fingerprint density at radius 1 is 1.04 bits per heavy atom. The minimum absolute atomic E-state index is 0.125. The van der Waals surface area contributed by atoms with Crippen molar-refractivity contribution in [2.75, 3.05) is 5.32 Å². The fourth-order valence-corrected chi connectivity index (χ4v) is 3.47. The summed E-state index contributed by atoms with van der Waals surface area (Å²) in [5.74, 6) is -0.491. The van der Waals surface area contributed by atoms with Crippen molar-refractivity contribution in [2.45, 2.75) is 19.4 Å². The SMILES string of the molecule is O=C(CCc1nnc(C(=O)Nc2cccc(Cl)c2)s1)NCc1ccccc1Cl. The van der Waals surface area contributed by atoms with Gasteiger partial charge in [0.05, 0.1) is 0 Å². The fraction of sp³-hybridized carbons (Fsp3) is 0.158. The summed E-state index contributed by atoms with van der Waals surface area (Å²) >= 11 is 13.1. The zero-order valence-electron chi connectivity index (χ0n) is 14.6. The van der Waals surface area contributed by atoms with Gasteiger partial charge in [0, 0.05) is 35.1 Å². The average molecular weight is 435 g/mol. The summed E-state index contributed by atoms with van der Waals surface area (Å²) in [6.45, 7) is 0.363. The number of halogens is 2. The van der Waals surface area contributed by atoms with E-state index < -0.39 is 0 Å². The molecule has 0 aliphatic heterocycles. The van der Waals surface area contributed by atoms with Crippen molar-refractivity contribution in [3.63, 3.8) is 0 Å². The summed E-state index contributed by atoms with van der Waals surface area (Å²) in [4.78, 5) is 24.3. The van der Waals surface area contributed by atoms with Crippen molar-refractivity contribution in [3.05, 3.63) is 74.2 Å². The second kappa shape index (κ2) is 9.64. The van der Waals surface area contributed by atoms with Crippen LogP contribution in [0, 0.1) is 0 Å². The number of nitrogens with one attached hydrogen (secondary N) is 2. The van der Waals surface area contributed by atoms with Crippen molar-refractivity contribution < 1.29 is 9.59 Å². The first kappa shape index (κ1) is 20.3. The van der Waals surface area contributed by atoms with Gasteiger partial charge < -0.3 is 10.6 Å². The van der Waals surface area contributed by atoms with Gasteiger partial charge in [-0.3, -0.25) is 9.59 Å². The van der Waals surface area contributed by atoms with Crippen LogP contribution in [0.15, 0.2) is 48.5 Å². The van der Waals surface area contributed by atoms with Gasteiger partial charge in [-0.05, 0) is 29.8 Å². The molecule has 3 aromatic rings. The van der Waals surface area contributed by atoms with Crippen molar-refractivity contribution >= 4 is 52.0 Å². The van der Waals surface area contributed by atoms with E-state index in [1.165, 1.54) is 0 Å². The van der Waals surface area contributed by atoms with E-state index in [1.807, 2.05) is 18.2 Å². The van der Waals surface area contributed by atoms with Gasteiger partial charge in [-0.1, -0.05) is 58.8 Å². The molecule has 6 nitrogen and oxygen atoms in total. The van der Waals surface area contributed by atoms with E-state index in [1.54, 1.807) is 30.3 Å². The van der Waals surface area contributed by atoms with Crippen LogP contribution in [0.2, 0.25) is 10.0 Å². The first-order valence-electron chi connectivity index (χ1n) is 8.40. The number of amides is 2. The molecule has 0 spiro atoms. The van der Waals surface area contributed by atoms with E-state index in [-0.39, 0.29) is 23.2 Å². The molecule has 1 aromatic heterocycles. The third-order valence-electron chi connectivity index (χ3n) is 3.74. The van der Waals surface area contributed by atoms with E-state index in [2.05, 4.69) is 20.8 Å². The number of hydrogen-bond acceptors (Lipinski definition) is 5. The molecule has 28 heavy (non-hydrogen) atoms. The highest BCUT2D eigenvalue weighted by molar-refractivity contribution is 7.13. The molecule has 9 heteroatoms. The Bertz CT molecular complexity index is 993. The number of carbonyl (C=O) groups excluding carboxylic acids is 2. The molecule has 2 aromatic carbocycles. The molecular weight excluding hydrogens is 419 g/mol. The van der Waals surface area contributed by atoms with Gasteiger partial charge in [0.15, 0.2) is 0 Å². The fourth-order valence-electron chi connectivity index (χ4n) is 2.34. The summed E-state index contributed by atoms with van der Waals surface area (Å²) in [7, 11) is 0. The first-order chi connectivity index (χ1) is 13.5. The molecule has 0 aliphatic rings. The molecule has 0 bridgehead atoms. The second-order valence-corrected chi connectivity index (χ2v) is 7.74. The Hall–Kier alpha value is -2.48. The molecule has 2 N–H and O–H groups in total. The molecule has 2 amide bonds. The minimum atomic E-state index is -0.366. The van der Waals surface area contributed by atoms with E-state index in [0.29, 0.717) is 33.7 Å². The Morgan fingerprint density at radius 2 is 1.86 bits per heavy atom. The van der Waals surface area contributed by atoms with Crippen molar-refractivity contribution in [1.82, 2.24) is 15.5 Å². The summed E-state index contributed by atoms with van der Waals surface area (Å²) in [5, 5.41) is 15.4. The minimum Gasteiger partial charge on any atom is -0.352 e. The highest BCUT2D eigenvalue weighted by atomic mass is 35.5. The highest BCUT2D eigenvalue weighted by Crippen LogP contribution is 2.18. The van der Waals surface area contributed by atoms with Gasteiger partial charge >= 0.3 is 0 Å². The van der Waals surface area contributed by atoms with Gasteiger partial charge in [0.25, 0.3) is 5.91 Å². The molecular formula is C19H16Cl2N4O2S. The lowest BCUT2D eigenvalue weighted by atomic mass is 10.2. The summed E-state index contributed by atoms with van der Waals surface area (Å²) in [6.07, 6.45) is 0.644. The van der Waals surface area contributed by atoms with E-state index in [9.17, 15) is 9.59 Å². The quantitative estimate of drug-likeness (QED) is 0.578. The summed E-state index contributed by atoms with van der Waals surface area (Å²) in [5.41, 5.74) is 1.43. The Labute approximate surface area is 175 Å². The second-order valence-electron chi connectivity index (χ2n) is 5.83. The van der Waals surface area contributed by atoms with E-state index in [4.69, 9.17) is 23.2 Å². The number of benzene rings is 2. The molecule has 144 valence electrons. The molecule has 0 radical (unpaired) electrons. The van der Waals surface area contributed by atoms with Crippen molar-refractivity contribution in [3.8, 4) is 0 Å². The zero-order valence-corrected chi connectivity index (χ0v) is 16.9. The van der Waals surface area contributed by atoms with Crippen molar-refractivity contribution in [1.29, 1.82) is 0 Å². The van der Waals surface area contributed by atoms with E-state index in [0.717, 1.165) is 16.9 Å². The molecule has 0 unspecified atom stereocenters. The third-order valence-corrected chi connectivity index (χ3v) is 5.33. The normalized spacial score (nSPS) is 10.5. The maximum Gasteiger partial charge on any atom is 0.286 e. The number of hydrogen-bond donors (Lipinski definition) is 2. The first-order valence-corrected chi connectivity index (χ1v) is 9.98. The molecule has 1 heterocycles. The van der Waals surface area contributed by atoms with Crippen LogP contribution in [0.1, 0.15) is 26.8 Å². The lowest BCUT2D eigenvalue weighted by molar-refractivity contribution is -0.121. The maximum absolute atomic E-state index is 12.2. The van der Waals surface area contributed by atoms with Gasteiger partial charge in [-0.2, -0.15) is 0 Å². The smallest absolute Gasteiger partial charge is 0.286 e. The largest absolute Gasteiger partial charge is 0.352 e. The molecule has 0 saturated heterocycles. The van der Waals surface area contributed by atoms with Crippen LogP contribution in [-0.2, 0) is 17.8 Å². The van der Waals surface area contributed by atoms with Crippen LogP contribution in [-0.4, -0.2) is 22.0 Å².